The highest BCUT2D eigenvalue weighted by atomic mass is 19.4. The smallest absolute Gasteiger partial charge is 0.422 e. The molecule has 0 aliphatic carbocycles. The maximum absolute atomic E-state index is 12.3. The van der Waals surface area contributed by atoms with Crippen LogP contribution in [-0.2, 0) is 17.8 Å². The Hall–Kier alpha value is -3.21. The van der Waals surface area contributed by atoms with Crippen molar-refractivity contribution >= 4 is 16.8 Å². The number of ether oxygens (including phenoxy) is 1. The maximum atomic E-state index is 12.3. The number of amides is 1. The lowest BCUT2D eigenvalue weighted by atomic mass is 10.1. The zero-order valence-electron chi connectivity index (χ0n) is 17.0. The fourth-order valence-corrected chi connectivity index (χ4v) is 3.09. The Kier molecular flexibility index (Phi) is 6.74. The molecule has 0 saturated carbocycles. The summed E-state index contributed by atoms with van der Waals surface area (Å²) in [5.74, 6) is -0.321. The van der Waals surface area contributed by atoms with Crippen LogP contribution in [0.15, 0.2) is 24.5 Å². The Balaban J connectivity index is 1.78. The van der Waals surface area contributed by atoms with Gasteiger partial charge in [-0.05, 0) is 31.5 Å². The molecule has 0 bridgehead atoms. The number of pyridine rings is 2. The van der Waals surface area contributed by atoms with Gasteiger partial charge < -0.3 is 15.2 Å². The second kappa shape index (κ2) is 9.29. The van der Waals surface area contributed by atoms with Crippen molar-refractivity contribution in [2.24, 2.45) is 0 Å². The van der Waals surface area contributed by atoms with Crippen molar-refractivity contribution in [1.29, 1.82) is 0 Å². The number of nitrogens with one attached hydrogen (secondary N) is 1. The zero-order chi connectivity index (χ0) is 22.6. The Bertz CT molecular complexity index is 1080. The molecule has 3 rings (SSSR count). The average molecular weight is 437 g/mol. The number of carbonyl (C=O) groups is 1. The van der Waals surface area contributed by atoms with Gasteiger partial charge in [0.15, 0.2) is 6.61 Å². The number of halogens is 3. The van der Waals surface area contributed by atoms with E-state index in [1.807, 2.05) is 0 Å². The fraction of sp³-hybridized carbons (Fsp3) is 0.400. The predicted octanol–water partition coefficient (Wildman–Crippen LogP) is 2.08. The minimum atomic E-state index is -4.43. The van der Waals surface area contributed by atoms with Crippen LogP contribution in [0.25, 0.3) is 10.9 Å². The van der Waals surface area contributed by atoms with E-state index in [4.69, 9.17) is 9.84 Å². The van der Waals surface area contributed by atoms with E-state index in [9.17, 15) is 18.0 Å². The van der Waals surface area contributed by atoms with E-state index >= 15 is 0 Å². The number of alkyl halides is 3. The summed E-state index contributed by atoms with van der Waals surface area (Å²) in [6.07, 6.45) is -1.17. The minimum Gasteiger partial charge on any atom is -0.468 e. The van der Waals surface area contributed by atoms with Crippen LogP contribution < -0.4 is 10.1 Å². The predicted molar refractivity (Wildman–Crippen MR) is 106 cm³/mol. The lowest BCUT2D eigenvalue weighted by Gasteiger charge is -2.11. The van der Waals surface area contributed by atoms with Crippen molar-refractivity contribution in [3.05, 3.63) is 47.0 Å². The third kappa shape index (κ3) is 6.14. The fourth-order valence-electron chi connectivity index (χ4n) is 3.09. The standard InChI is InChI=1S/C20H22F3N5O3/c1-12-5-14(8-25-19(12)31-11-20(21,22)23)9-28-10-15-16(7-18(30)24-3-4-29)26-13(2)6-17(15)27-28/h5-6,8,10,29H,3-4,7,9,11H2,1-2H3,(H,24,30). The van der Waals surface area contributed by atoms with Gasteiger partial charge in [0.2, 0.25) is 11.8 Å². The van der Waals surface area contributed by atoms with Crippen molar-refractivity contribution in [2.75, 3.05) is 19.8 Å². The Morgan fingerprint density at radius 1 is 1.29 bits per heavy atom. The van der Waals surface area contributed by atoms with E-state index in [1.165, 1.54) is 6.20 Å². The van der Waals surface area contributed by atoms with Gasteiger partial charge in [0, 0.05) is 35.6 Å². The van der Waals surface area contributed by atoms with Crippen molar-refractivity contribution in [2.45, 2.75) is 33.0 Å². The molecule has 1 amide bonds. The Morgan fingerprint density at radius 2 is 2.06 bits per heavy atom. The molecule has 0 unspecified atom stereocenters. The molecule has 3 heterocycles. The maximum Gasteiger partial charge on any atom is 0.422 e. The second-order valence-electron chi connectivity index (χ2n) is 7.09. The number of aliphatic hydroxyl groups is 1. The summed E-state index contributed by atoms with van der Waals surface area (Å²) in [6, 6.07) is 3.50. The van der Waals surface area contributed by atoms with E-state index in [1.54, 1.807) is 36.9 Å². The number of nitrogens with zero attached hydrogens (tertiary/aromatic N) is 4. The lowest BCUT2D eigenvalue weighted by molar-refractivity contribution is -0.154. The van der Waals surface area contributed by atoms with Crippen LogP contribution in [0.3, 0.4) is 0 Å². The monoisotopic (exact) mass is 437 g/mol. The average Bonchev–Trinajstić information content (AvgIpc) is 3.07. The van der Waals surface area contributed by atoms with Gasteiger partial charge in [0.05, 0.1) is 30.8 Å². The number of carbonyl (C=O) groups excluding carboxylic acids is 1. The molecule has 31 heavy (non-hydrogen) atoms. The first-order chi connectivity index (χ1) is 14.6. The SMILES string of the molecule is Cc1cc2nn(Cc3cnc(OCC(F)(F)F)c(C)c3)cc2c(CC(=O)NCCO)n1. The quantitative estimate of drug-likeness (QED) is 0.560. The molecular weight excluding hydrogens is 415 g/mol. The molecule has 11 heteroatoms. The van der Waals surface area contributed by atoms with E-state index in [0.717, 1.165) is 10.9 Å². The summed E-state index contributed by atoms with van der Waals surface area (Å²) < 4.78 is 43.4. The van der Waals surface area contributed by atoms with Crippen LogP contribution in [0.2, 0.25) is 0 Å². The summed E-state index contributed by atoms with van der Waals surface area (Å²) in [5.41, 5.74) is 3.18. The summed E-state index contributed by atoms with van der Waals surface area (Å²) in [4.78, 5) is 20.4. The zero-order valence-corrected chi connectivity index (χ0v) is 17.0. The van der Waals surface area contributed by atoms with Crippen LogP contribution in [0.1, 0.15) is 22.5 Å². The largest absolute Gasteiger partial charge is 0.468 e. The summed E-state index contributed by atoms with van der Waals surface area (Å²) in [6.45, 7) is 2.39. The first-order valence-corrected chi connectivity index (χ1v) is 9.51. The molecule has 166 valence electrons. The van der Waals surface area contributed by atoms with Crippen molar-refractivity contribution < 1.29 is 27.8 Å². The molecule has 0 saturated heterocycles. The van der Waals surface area contributed by atoms with E-state index < -0.39 is 12.8 Å². The third-order valence-corrected chi connectivity index (χ3v) is 4.32. The summed E-state index contributed by atoms with van der Waals surface area (Å²) in [5, 5.41) is 16.7. The van der Waals surface area contributed by atoms with Gasteiger partial charge in [-0.25, -0.2) is 4.98 Å². The first kappa shape index (κ1) is 22.5. The minimum absolute atomic E-state index is 0.0514. The topological polar surface area (TPSA) is 102 Å². The van der Waals surface area contributed by atoms with Crippen LogP contribution in [0.5, 0.6) is 5.88 Å². The van der Waals surface area contributed by atoms with Gasteiger partial charge in [-0.2, -0.15) is 18.3 Å². The Labute approximate surface area is 176 Å². The van der Waals surface area contributed by atoms with Gasteiger partial charge in [-0.1, -0.05) is 0 Å². The normalized spacial score (nSPS) is 11.7. The molecule has 0 fully saturated rings. The van der Waals surface area contributed by atoms with E-state index in [2.05, 4.69) is 20.4 Å². The highest BCUT2D eigenvalue weighted by Gasteiger charge is 2.29. The van der Waals surface area contributed by atoms with Gasteiger partial charge >= 0.3 is 6.18 Å². The number of rotatable bonds is 8. The van der Waals surface area contributed by atoms with Crippen LogP contribution >= 0.6 is 0 Å². The molecular formula is C20H22F3N5O3. The van der Waals surface area contributed by atoms with Crippen LogP contribution in [-0.4, -0.2) is 56.7 Å². The van der Waals surface area contributed by atoms with Crippen LogP contribution in [0, 0.1) is 13.8 Å². The molecule has 8 nitrogen and oxygen atoms in total. The number of aryl methyl sites for hydroxylation is 2. The molecule has 0 aliphatic rings. The highest BCUT2D eigenvalue weighted by Crippen LogP contribution is 2.22. The van der Waals surface area contributed by atoms with E-state index in [-0.39, 0.29) is 31.4 Å². The van der Waals surface area contributed by atoms with Gasteiger partial charge in [-0.15, -0.1) is 0 Å². The third-order valence-electron chi connectivity index (χ3n) is 4.32. The van der Waals surface area contributed by atoms with Crippen molar-refractivity contribution in [3.8, 4) is 5.88 Å². The van der Waals surface area contributed by atoms with Gasteiger partial charge in [0.1, 0.15) is 0 Å². The van der Waals surface area contributed by atoms with Gasteiger partial charge in [-0.3, -0.25) is 14.5 Å². The number of hydrogen-bond acceptors (Lipinski definition) is 6. The van der Waals surface area contributed by atoms with Crippen molar-refractivity contribution in [3.63, 3.8) is 0 Å². The van der Waals surface area contributed by atoms with Crippen molar-refractivity contribution in [1.82, 2.24) is 25.1 Å². The molecule has 0 radical (unpaired) electrons. The first-order valence-electron chi connectivity index (χ1n) is 9.51. The Morgan fingerprint density at radius 3 is 2.74 bits per heavy atom. The van der Waals surface area contributed by atoms with E-state index in [0.29, 0.717) is 29.0 Å². The molecule has 3 aromatic rings. The molecule has 3 aromatic heterocycles. The molecule has 0 spiro atoms. The number of aromatic nitrogens is 4. The molecule has 0 aliphatic heterocycles. The molecule has 0 atom stereocenters. The second-order valence-corrected chi connectivity index (χ2v) is 7.09. The van der Waals surface area contributed by atoms with Crippen LogP contribution in [0.4, 0.5) is 13.2 Å². The van der Waals surface area contributed by atoms with Gasteiger partial charge in [0.25, 0.3) is 0 Å². The number of aliphatic hydroxyl groups excluding tert-OH is 1. The summed E-state index contributed by atoms with van der Waals surface area (Å²) in [7, 11) is 0. The number of hydrogen-bond donors (Lipinski definition) is 2. The number of fused-ring (bicyclic) bond motifs is 1. The molecule has 2 N–H and O–H groups in total. The summed E-state index contributed by atoms with van der Waals surface area (Å²) >= 11 is 0. The lowest BCUT2D eigenvalue weighted by Crippen LogP contribution is -2.28. The highest BCUT2D eigenvalue weighted by molar-refractivity contribution is 5.87. The molecule has 0 aromatic carbocycles.